The van der Waals surface area contributed by atoms with Crippen molar-refractivity contribution in [3.8, 4) is 11.5 Å². The number of nitrogens with one attached hydrogen (secondary N) is 2. The van der Waals surface area contributed by atoms with E-state index in [1.165, 1.54) is 11.8 Å². The summed E-state index contributed by atoms with van der Waals surface area (Å²) < 4.78 is 39.2. The molecule has 1 aliphatic heterocycles. The molecular formula is C24H24N2O5S2. The number of anilines is 2. The highest BCUT2D eigenvalue weighted by molar-refractivity contribution is 7.98. The smallest absolute Gasteiger partial charge is 0.261 e. The summed E-state index contributed by atoms with van der Waals surface area (Å²) in [6.45, 7) is 4.74. The lowest BCUT2D eigenvalue weighted by Gasteiger charge is -2.21. The fourth-order valence-corrected chi connectivity index (χ4v) is 5.01. The maximum Gasteiger partial charge on any atom is 0.261 e. The van der Waals surface area contributed by atoms with Crippen LogP contribution >= 0.6 is 11.8 Å². The van der Waals surface area contributed by atoms with E-state index in [-0.39, 0.29) is 10.8 Å². The molecule has 4 rings (SSSR count). The van der Waals surface area contributed by atoms with E-state index >= 15 is 0 Å². The molecule has 0 saturated carbocycles. The van der Waals surface area contributed by atoms with Gasteiger partial charge in [-0.05, 0) is 73.7 Å². The molecule has 0 unspecified atom stereocenters. The average molecular weight is 485 g/mol. The minimum Gasteiger partial charge on any atom is -0.486 e. The largest absolute Gasteiger partial charge is 0.486 e. The molecule has 2 N–H and O–H groups in total. The molecule has 0 aromatic heterocycles. The lowest BCUT2D eigenvalue weighted by Crippen LogP contribution is -2.17. The van der Waals surface area contributed by atoms with Gasteiger partial charge in [-0.15, -0.1) is 11.8 Å². The van der Waals surface area contributed by atoms with E-state index in [9.17, 15) is 13.2 Å². The predicted octanol–water partition coefficient (Wildman–Crippen LogP) is 4.85. The lowest BCUT2D eigenvalue weighted by molar-refractivity contribution is 0.102. The van der Waals surface area contributed by atoms with Gasteiger partial charge in [0.1, 0.15) is 13.2 Å². The molecule has 172 valence electrons. The summed E-state index contributed by atoms with van der Waals surface area (Å²) in [5.41, 5.74) is 3.30. The van der Waals surface area contributed by atoms with Gasteiger partial charge in [0, 0.05) is 22.2 Å². The molecular weight excluding hydrogens is 460 g/mol. The van der Waals surface area contributed by atoms with Crippen molar-refractivity contribution in [1.29, 1.82) is 0 Å². The van der Waals surface area contributed by atoms with Gasteiger partial charge in [0.15, 0.2) is 11.5 Å². The summed E-state index contributed by atoms with van der Waals surface area (Å²) >= 11 is 1.49. The van der Waals surface area contributed by atoms with E-state index in [1.54, 1.807) is 48.5 Å². The third-order valence-electron chi connectivity index (χ3n) is 5.30. The van der Waals surface area contributed by atoms with Crippen molar-refractivity contribution in [3.63, 3.8) is 0 Å². The number of sulfonamides is 1. The van der Waals surface area contributed by atoms with Crippen LogP contribution in [0.15, 0.2) is 64.4 Å². The number of rotatable bonds is 6. The number of benzene rings is 3. The van der Waals surface area contributed by atoms with Gasteiger partial charge < -0.3 is 14.8 Å². The Morgan fingerprint density at radius 1 is 0.909 bits per heavy atom. The lowest BCUT2D eigenvalue weighted by atomic mass is 10.1. The second-order valence-corrected chi connectivity index (χ2v) is 10.1. The van der Waals surface area contributed by atoms with Crippen molar-refractivity contribution in [2.24, 2.45) is 0 Å². The number of fused-ring (bicyclic) bond motifs is 1. The Hall–Kier alpha value is -3.17. The van der Waals surface area contributed by atoms with E-state index in [4.69, 9.17) is 9.47 Å². The molecule has 0 aliphatic carbocycles. The van der Waals surface area contributed by atoms with E-state index in [2.05, 4.69) is 10.0 Å². The summed E-state index contributed by atoms with van der Waals surface area (Å²) in [5.74, 6) is 0.931. The molecule has 0 fully saturated rings. The zero-order valence-corrected chi connectivity index (χ0v) is 20.1. The zero-order chi connectivity index (χ0) is 23.6. The van der Waals surface area contributed by atoms with Crippen LogP contribution in [0.2, 0.25) is 0 Å². The molecule has 3 aromatic carbocycles. The van der Waals surface area contributed by atoms with Gasteiger partial charge in [0.05, 0.1) is 10.6 Å². The average Bonchev–Trinajstić information content (AvgIpc) is 2.80. The molecule has 0 atom stereocenters. The quantitative estimate of drug-likeness (QED) is 0.486. The van der Waals surface area contributed by atoms with Crippen molar-refractivity contribution >= 4 is 39.1 Å². The van der Waals surface area contributed by atoms with Gasteiger partial charge >= 0.3 is 0 Å². The van der Waals surface area contributed by atoms with Gasteiger partial charge in [-0.2, -0.15) is 0 Å². The molecule has 9 heteroatoms. The molecule has 1 aliphatic rings. The minimum absolute atomic E-state index is 0.190. The van der Waals surface area contributed by atoms with Crippen molar-refractivity contribution in [2.75, 3.05) is 29.5 Å². The van der Waals surface area contributed by atoms with Crippen LogP contribution < -0.4 is 19.5 Å². The number of hydrogen-bond acceptors (Lipinski definition) is 6. The summed E-state index contributed by atoms with van der Waals surface area (Å²) in [6, 6.07) is 14.9. The Morgan fingerprint density at radius 2 is 1.58 bits per heavy atom. The number of amides is 1. The second-order valence-electron chi connectivity index (χ2n) is 7.58. The molecule has 0 bridgehead atoms. The van der Waals surface area contributed by atoms with Gasteiger partial charge in [-0.3, -0.25) is 9.52 Å². The Labute approximate surface area is 197 Å². The maximum atomic E-state index is 12.8. The molecule has 0 saturated heterocycles. The fraction of sp³-hybridized carbons (Fsp3) is 0.208. The van der Waals surface area contributed by atoms with Crippen LogP contribution in [0.1, 0.15) is 21.5 Å². The number of ether oxygens (including phenoxy) is 2. The van der Waals surface area contributed by atoms with Crippen molar-refractivity contribution in [3.05, 3.63) is 71.3 Å². The first kappa shape index (κ1) is 23.0. The monoisotopic (exact) mass is 484 g/mol. The standard InChI is InChI=1S/C24H24N2O5S2/c1-15-4-9-19(12-16(15)2)33(28,29)26-18-7-5-17(6-8-18)24(27)25-20-13-21-22(14-23(20)32-3)31-11-10-30-21/h4-9,12-14,26H,10-11H2,1-3H3,(H,25,27). The highest BCUT2D eigenvalue weighted by Gasteiger charge is 2.18. The zero-order valence-electron chi connectivity index (χ0n) is 18.5. The highest BCUT2D eigenvalue weighted by Crippen LogP contribution is 2.39. The Balaban J connectivity index is 1.49. The van der Waals surface area contributed by atoms with Crippen molar-refractivity contribution in [1.82, 2.24) is 0 Å². The van der Waals surface area contributed by atoms with Gasteiger partial charge in [0.25, 0.3) is 15.9 Å². The molecule has 7 nitrogen and oxygen atoms in total. The van der Waals surface area contributed by atoms with Crippen LogP contribution in [0, 0.1) is 13.8 Å². The Kier molecular flexibility index (Phi) is 6.53. The van der Waals surface area contributed by atoms with Gasteiger partial charge in [-0.1, -0.05) is 6.07 Å². The number of thioether (sulfide) groups is 1. The summed E-state index contributed by atoms with van der Waals surface area (Å²) in [6.07, 6.45) is 1.91. The summed E-state index contributed by atoms with van der Waals surface area (Å²) in [7, 11) is -3.73. The van der Waals surface area contributed by atoms with Crippen molar-refractivity contribution < 1.29 is 22.7 Å². The Bertz CT molecular complexity index is 1310. The molecule has 0 spiro atoms. The van der Waals surface area contributed by atoms with Gasteiger partial charge in [-0.25, -0.2) is 8.42 Å². The fourth-order valence-electron chi connectivity index (χ4n) is 3.32. The van der Waals surface area contributed by atoms with Gasteiger partial charge in [0.2, 0.25) is 0 Å². The van der Waals surface area contributed by atoms with Crippen LogP contribution in [0.5, 0.6) is 11.5 Å². The first-order chi connectivity index (χ1) is 15.8. The predicted molar refractivity (Wildman–Crippen MR) is 130 cm³/mol. The molecule has 0 radical (unpaired) electrons. The highest BCUT2D eigenvalue weighted by atomic mass is 32.2. The number of aryl methyl sites for hydroxylation is 2. The first-order valence-electron chi connectivity index (χ1n) is 10.3. The molecule has 1 heterocycles. The van der Waals surface area contributed by atoms with E-state index in [0.29, 0.717) is 41.7 Å². The van der Waals surface area contributed by atoms with Crippen LogP contribution in [-0.4, -0.2) is 33.8 Å². The van der Waals surface area contributed by atoms with E-state index in [0.717, 1.165) is 16.0 Å². The number of hydrogen-bond donors (Lipinski definition) is 2. The summed E-state index contributed by atoms with van der Waals surface area (Å²) in [5, 5.41) is 2.90. The van der Waals surface area contributed by atoms with E-state index < -0.39 is 10.0 Å². The van der Waals surface area contributed by atoms with E-state index in [1.807, 2.05) is 26.2 Å². The van der Waals surface area contributed by atoms with Crippen LogP contribution in [0.4, 0.5) is 11.4 Å². The number of carbonyl (C=O) groups is 1. The van der Waals surface area contributed by atoms with Crippen LogP contribution in [0.3, 0.4) is 0 Å². The van der Waals surface area contributed by atoms with Crippen molar-refractivity contribution in [2.45, 2.75) is 23.6 Å². The van der Waals surface area contributed by atoms with Crippen LogP contribution in [0.25, 0.3) is 0 Å². The third-order valence-corrected chi connectivity index (χ3v) is 7.46. The topological polar surface area (TPSA) is 93.7 Å². The van der Waals surface area contributed by atoms with Crippen LogP contribution in [-0.2, 0) is 10.0 Å². The first-order valence-corrected chi connectivity index (χ1v) is 13.0. The summed E-state index contributed by atoms with van der Waals surface area (Å²) in [4.78, 5) is 13.8. The molecule has 33 heavy (non-hydrogen) atoms. The second kappa shape index (κ2) is 9.36. The third kappa shape index (κ3) is 5.09. The SMILES string of the molecule is CSc1cc2c(cc1NC(=O)c1ccc(NS(=O)(=O)c3ccc(C)c(C)c3)cc1)OCCO2. The minimum atomic E-state index is -3.73. The molecule has 3 aromatic rings. The normalized spacial score (nSPS) is 12.8. The molecule has 1 amide bonds. The Morgan fingerprint density at radius 3 is 2.21 bits per heavy atom. The number of carbonyl (C=O) groups excluding carboxylic acids is 1. The maximum absolute atomic E-state index is 12.8.